The van der Waals surface area contributed by atoms with E-state index in [9.17, 15) is 36.5 Å². The molecule has 3 rings (SSSR count). The molecule has 1 aliphatic rings. The van der Waals surface area contributed by atoms with Crippen LogP contribution in [0.1, 0.15) is 10.4 Å². The van der Waals surface area contributed by atoms with E-state index in [0.29, 0.717) is 18.0 Å². The molecule has 166 valence electrons. The fourth-order valence-corrected chi connectivity index (χ4v) is 4.00. The topological polar surface area (TPSA) is 140 Å². The molecule has 1 fully saturated rings. The Bertz CT molecular complexity index is 1130. The fourth-order valence-electron chi connectivity index (χ4n) is 3.22. The van der Waals surface area contributed by atoms with Gasteiger partial charge in [0.05, 0.1) is 15.4 Å². The molecule has 0 spiro atoms. The van der Waals surface area contributed by atoms with Crippen molar-refractivity contribution in [2.75, 3.05) is 36.0 Å². The first-order valence-electron chi connectivity index (χ1n) is 8.78. The highest BCUT2D eigenvalue weighted by molar-refractivity contribution is 7.92. The van der Waals surface area contributed by atoms with Crippen LogP contribution >= 0.6 is 0 Å². The molecule has 2 aromatic rings. The summed E-state index contributed by atoms with van der Waals surface area (Å²) in [5, 5.41) is 11.4. The number of pyridine rings is 1. The molecule has 10 nitrogen and oxygen atoms in total. The molecule has 2 heterocycles. The van der Waals surface area contributed by atoms with Gasteiger partial charge in [-0.05, 0) is 24.3 Å². The Morgan fingerprint density at radius 2 is 1.74 bits per heavy atom. The highest BCUT2D eigenvalue weighted by atomic mass is 32.2. The number of sulfone groups is 1. The van der Waals surface area contributed by atoms with Crippen LogP contribution in [0, 0.1) is 10.1 Å². The van der Waals surface area contributed by atoms with E-state index < -0.39 is 36.8 Å². The number of carbonyl (C=O) groups excluding carboxylic acids is 1. The first kappa shape index (κ1) is 22.3. The molecule has 0 saturated carbocycles. The van der Waals surface area contributed by atoms with E-state index in [1.54, 1.807) is 15.9 Å². The van der Waals surface area contributed by atoms with Gasteiger partial charge < -0.3 is 15.5 Å². The monoisotopic (exact) mass is 459 g/mol. The Morgan fingerprint density at radius 1 is 1.13 bits per heavy atom. The largest absolute Gasteiger partial charge is 0.501 e. The van der Waals surface area contributed by atoms with Crippen molar-refractivity contribution in [3.8, 4) is 0 Å². The van der Waals surface area contributed by atoms with Gasteiger partial charge in [-0.1, -0.05) is 0 Å². The average Bonchev–Trinajstić information content (AvgIpc) is 2.72. The third-order valence-corrected chi connectivity index (χ3v) is 6.21. The van der Waals surface area contributed by atoms with E-state index in [0.717, 1.165) is 6.07 Å². The molecule has 0 unspecified atom stereocenters. The third kappa shape index (κ3) is 4.23. The van der Waals surface area contributed by atoms with Crippen LogP contribution in [0.15, 0.2) is 41.4 Å². The summed E-state index contributed by atoms with van der Waals surface area (Å²) in [6.07, 6.45) is 1.48. The van der Waals surface area contributed by atoms with Crippen LogP contribution in [-0.2, 0) is 9.84 Å². The molecule has 1 amide bonds. The number of carbonyl (C=O) groups is 1. The number of primary amides is 1. The molecule has 14 heteroatoms. The Kier molecular flexibility index (Phi) is 5.76. The number of piperazine rings is 1. The number of rotatable bonds is 5. The molecule has 1 saturated heterocycles. The number of hydrogen-bond donors (Lipinski definition) is 1. The maximum Gasteiger partial charge on any atom is 0.501 e. The van der Waals surface area contributed by atoms with Crippen LogP contribution in [0.2, 0.25) is 0 Å². The lowest BCUT2D eigenvalue weighted by Crippen LogP contribution is -2.47. The van der Waals surface area contributed by atoms with Gasteiger partial charge in [0, 0.05) is 38.4 Å². The maximum atomic E-state index is 12.8. The normalized spacial score (nSPS) is 15.1. The van der Waals surface area contributed by atoms with Crippen molar-refractivity contribution in [3.63, 3.8) is 0 Å². The Morgan fingerprint density at radius 3 is 2.29 bits per heavy atom. The van der Waals surface area contributed by atoms with Crippen molar-refractivity contribution in [2.24, 2.45) is 5.73 Å². The number of nitro groups is 1. The van der Waals surface area contributed by atoms with Gasteiger partial charge in [0.1, 0.15) is 11.5 Å². The summed E-state index contributed by atoms with van der Waals surface area (Å²) < 4.78 is 61.5. The Balaban J connectivity index is 1.87. The number of nitrogens with two attached hydrogens (primary N) is 1. The minimum absolute atomic E-state index is 0.0121. The van der Waals surface area contributed by atoms with Gasteiger partial charge >= 0.3 is 5.51 Å². The molecule has 31 heavy (non-hydrogen) atoms. The van der Waals surface area contributed by atoms with Crippen molar-refractivity contribution in [2.45, 2.75) is 10.4 Å². The predicted molar refractivity (Wildman–Crippen MR) is 104 cm³/mol. The summed E-state index contributed by atoms with van der Waals surface area (Å²) in [7, 11) is -5.72. The molecule has 2 N–H and O–H groups in total. The number of benzene rings is 1. The number of anilines is 2. The second-order valence-electron chi connectivity index (χ2n) is 6.57. The van der Waals surface area contributed by atoms with Crippen LogP contribution < -0.4 is 15.5 Å². The van der Waals surface area contributed by atoms with Crippen molar-refractivity contribution in [1.29, 1.82) is 0 Å². The van der Waals surface area contributed by atoms with Crippen molar-refractivity contribution >= 4 is 32.9 Å². The van der Waals surface area contributed by atoms with Gasteiger partial charge in [0.15, 0.2) is 0 Å². The first-order chi connectivity index (χ1) is 14.4. The lowest BCUT2D eigenvalue weighted by Gasteiger charge is -2.36. The van der Waals surface area contributed by atoms with Gasteiger partial charge in [0.25, 0.3) is 21.4 Å². The van der Waals surface area contributed by atoms with E-state index >= 15 is 0 Å². The number of aromatic nitrogens is 1. The molecular weight excluding hydrogens is 443 g/mol. The van der Waals surface area contributed by atoms with Gasteiger partial charge in [-0.25, -0.2) is 13.4 Å². The zero-order valence-electron chi connectivity index (χ0n) is 15.7. The van der Waals surface area contributed by atoms with Gasteiger partial charge in [0.2, 0.25) is 0 Å². The lowest BCUT2D eigenvalue weighted by molar-refractivity contribution is -0.384. The third-order valence-electron chi connectivity index (χ3n) is 4.73. The van der Waals surface area contributed by atoms with Crippen molar-refractivity contribution in [1.82, 2.24) is 4.98 Å². The van der Waals surface area contributed by atoms with Crippen LogP contribution in [0.25, 0.3) is 0 Å². The van der Waals surface area contributed by atoms with E-state index in [4.69, 9.17) is 5.73 Å². The number of nitro benzene ring substituents is 1. The second kappa shape index (κ2) is 8.02. The number of halogens is 3. The van der Waals surface area contributed by atoms with E-state index in [1.807, 2.05) is 0 Å². The lowest BCUT2D eigenvalue weighted by atomic mass is 10.2. The quantitative estimate of drug-likeness (QED) is 0.526. The molecule has 0 bridgehead atoms. The van der Waals surface area contributed by atoms with Gasteiger partial charge in [-0.2, -0.15) is 13.2 Å². The van der Waals surface area contributed by atoms with E-state index in [2.05, 4.69) is 4.98 Å². The van der Waals surface area contributed by atoms with Gasteiger partial charge in [-0.3, -0.25) is 14.9 Å². The van der Waals surface area contributed by atoms with Crippen LogP contribution in [0.4, 0.5) is 30.4 Å². The standard InChI is InChI=1S/C17H16F3N5O5S/c18-17(19,20)31(29,30)11-3-4-13(14(10-11)25(27)28)23-6-8-24(9-7-23)16-12(15(21)26)2-1-5-22-16/h1-5,10H,6-9H2,(H2,21,26). The fraction of sp³-hybridized carbons (Fsp3) is 0.294. The minimum Gasteiger partial charge on any atom is -0.365 e. The summed E-state index contributed by atoms with van der Waals surface area (Å²) >= 11 is 0. The molecular formula is C17H16F3N5O5S. The molecule has 1 aromatic heterocycles. The smallest absolute Gasteiger partial charge is 0.365 e. The summed E-state index contributed by atoms with van der Waals surface area (Å²) in [6.45, 7) is 0.996. The average molecular weight is 459 g/mol. The van der Waals surface area contributed by atoms with E-state index in [-0.39, 0.29) is 37.4 Å². The number of amides is 1. The zero-order valence-corrected chi connectivity index (χ0v) is 16.6. The SMILES string of the molecule is NC(=O)c1cccnc1N1CCN(c2ccc(S(=O)(=O)C(F)(F)F)cc2[N+](=O)[O-])CC1. The Hall–Kier alpha value is -3.42. The highest BCUT2D eigenvalue weighted by Crippen LogP contribution is 2.36. The number of nitrogens with zero attached hydrogens (tertiary/aromatic N) is 4. The van der Waals surface area contributed by atoms with Crippen LogP contribution in [0.5, 0.6) is 0 Å². The number of alkyl halides is 3. The van der Waals surface area contributed by atoms with Crippen LogP contribution in [-0.4, -0.2) is 55.9 Å². The first-order valence-corrected chi connectivity index (χ1v) is 10.3. The maximum absolute atomic E-state index is 12.8. The predicted octanol–water partition coefficient (Wildman–Crippen LogP) is 1.71. The molecule has 0 atom stereocenters. The minimum atomic E-state index is -5.72. The summed E-state index contributed by atoms with van der Waals surface area (Å²) in [5.74, 6) is -0.307. The summed E-state index contributed by atoms with van der Waals surface area (Å²) in [4.78, 5) is 28.4. The second-order valence-corrected chi connectivity index (χ2v) is 8.51. The summed E-state index contributed by atoms with van der Waals surface area (Å²) in [6, 6.07) is 5.17. The molecule has 0 aliphatic carbocycles. The highest BCUT2D eigenvalue weighted by Gasteiger charge is 2.47. The Labute approximate surface area is 174 Å². The molecule has 1 aliphatic heterocycles. The van der Waals surface area contributed by atoms with Gasteiger partial charge in [-0.15, -0.1) is 0 Å². The van der Waals surface area contributed by atoms with Crippen LogP contribution in [0.3, 0.4) is 0 Å². The zero-order chi connectivity index (χ0) is 23.0. The molecule has 1 aromatic carbocycles. The van der Waals surface area contributed by atoms with Crippen molar-refractivity contribution < 1.29 is 31.3 Å². The van der Waals surface area contributed by atoms with Crippen molar-refractivity contribution in [3.05, 3.63) is 52.2 Å². The summed E-state index contributed by atoms with van der Waals surface area (Å²) in [5.41, 5.74) is -0.778. The number of hydrogen-bond acceptors (Lipinski definition) is 8. The van der Waals surface area contributed by atoms with E-state index in [1.165, 1.54) is 12.3 Å². The molecule has 0 radical (unpaired) electrons.